The van der Waals surface area contributed by atoms with Gasteiger partial charge in [-0.25, -0.2) is 18.2 Å². The highest BCUT2D eigenvalue weighted by Crippen LogP contribution is 2.25. The first kappa shape index (κ1) is 27.6. The van der Waals surface area contributed by atoms with Crippen molar-refractivity contribution in [1.82, 2.24) is 14.9 Å². The number of carbonyl (C=O) groups is 1. The van der Waals surface area contributed by atoms with Crippen LogP contribution in [0.2, 0.25) is 5.02 Å². The molecule has 0 spiro atoms. The average Bonchev–Trinajstić information content (AvgIpc) is 3.27. The molecule has 0 fully saturated rings. The van der Waals surface area contributed by atoms with Crippen molar-refractivity contribution in [2.75, 3.05) is 11.3 Å². The summed E-state index contributed by atoms with van der Waals surface area (Å²) in [6.07, 6.45) is 1.47. The minimum absolute atomic E-state index is 0.0114. The first-order valence-electron chi connectivity index (χ1n) is 11.9. The Morgan fingerprint density at radius 1 is 1.11 bits per heavy atom. The smallest absolute Gasteiger partial charge is 0.337 e. The number of fused-ring (bicyclic) bond motifs is 1. The first-order chi connectivity index (χ1) is 17.9. The molecule has 1 heterocycles. The van der Waals surface area contributed by atoms with Gasteiger partial charge in [0.1, 0.15) is 0 Å². The van der Waals surface area contributed by atoms with Crippen LogP contribution in [0, 0.1) is 0 Å². The summed E-state index contributed by atoms with van der Waals surface area (Å²) in [6, 6.07) is 17.8. The number of aromatic carboxylic acids is 1. The molecule has 4 rings (SSSR count). The fourth-order valence-electron chi connectivity index (χ4n) is 4.02. The Hall–Kier alpha value is -3.44. The third-order valence-electron chi connectivity index (χ3n) is 6.27. The van der Waals surface area contributed by atoms with Gasteiger partial charge in [0.2, 0.25) is 0 Å². The van der Waals surface area contributed by atoms with E-state index in [9.17, 15) is 23.4 Å². The van der Waals surface area contributed by atoms with Gasteiger partial charge in [0.25, 0.3) is 10.0 Å². The van der Waals surface area contributed by atoms with Gasteiger partial charge in [0.05, 0.1) is 38.9 Å². The van der Waals surface area contributed by atoms with Crippen LogP contribution in [0.25, 0.3) is 11.0 Å². The van der Waals surface area contributed by atoms with Crippen LogP contribution in [0.1, 0.15) is 42.3 Å². The number of benzene rings is 3. The second-order valence-corrected chi connectivity index (χ2v) is 11.7. The number of carboxylic acids is 1. The molecule has 4 N–H and O–H groups in total. The summed E-state index contributed by atoms with van der Waals surface area (Å²) in [6.45, 7) is 4.87. The molecule has 200 valence electrons. The van der Waals surface area contributed by atoms with E-state index in [0.717, 1.165) is 5.52 Å². The van der Waals surface area contributed by atoms with Gasteiger partial charge in [-0.3, -0.25) is 4.72 Å². The van der Waals surface area contributed by atoms with Gasteiger partial charge in [-0.15, -0.1) is 0 Å². The van der Waals surface area contributed by atoms with Crippen molar-refractivity contribution in [3.05, 3.63) is 89.2 Å². The summed E-state index contributed by atoms with van der Waals surface area (Å²) < 4.78 is 29.7. The maximum absolute atomic E-state index is 12.6. The minimum Gasteiger partial charge on any atom is -0.478 e. The Balaban J connectivity index is 1.37. The Morgan fingerprint density at radius 3 is 2.55 bits per heavy atom. The summed E-state index contributed by atoms with van der Waals surface area (Å²) in [4.78, 5) is 15.8. The zero-order valence-corrected chi connectivity index (χ0v) is 22.5. The van der Waals surface area contributed by atoms with Crippen molar-refractivity contribution in [1.29, 1.82) is 0 Å². The molecule has 38 heavy (non-hydrogen) atoms. The SMILES string of the molecule is CC(C)(CCn1cnc2cc(C(=O)O)c(Cl)cc21)NC[C@H](O)c1cccc(NS(=O)(=O)c2ccccc2)c1. The summed E-state index contributed by atoms with van der Waals surface area (Å²) in [5.41, 5.74) is 1.88. The molecule has 1 atom stereocenters. The van der Waals surface area contributed by atoms with Crippen molar-refractivity contribution >= 4 is 44.3 Å². The topological polar surface area (TPSA) is 134 Å². The average molecular weight is 557 g/mol. The summed E-state index contributed by atoms with van der Waals surface area (Å²) in [5.74, 6) is -1.10. The number of hydrogen-bond donors (Lipinski definition) is 4. The van der Waals surface area contributed by atoms with E-state index >= 15 is 0 Å². The number of anilines is 1. The molecule has 0 bridgehead atoms. The highest BCUT2D eigenvalue weighted by atomic mass is 35.5. The van der Waals surface area contributed by atoms with E-state index in [1.165, 1.54) is 18.2 Å². The van der Waals surface area contributed by atoms with Crippen molar-refractivity contribution in [3.63, 3.8) is 0 Å². The summed E-state index contributed by atoms with van der Waals surface area (Å²) in [5, 5.41) is 23.6. The number of nitrogens with one attached hydrogen (secondary N) is 2. The Kier molecular flexibility index (Phi) is 8.08. The predicted molar refractivity (Wildman–Crippen MR) is 147 cm³/mol. The molecule has 0 saturated heterocycles. The van der Waals surface area contributed by atoms with Crippen LogP contribution in [0.4, 0.5) is 5.69 Å². The third kappa shape index (κ3) is 6.51. The van der Waals surface area contributed by atoms with Gasteiger partial charge in [0.15, 0.2) is 0 Å². The fraction of sp³-hybridized carbons (Fsp3) is 0.259. The number of aliphatic hydroxyl groups excluding tert-OH is 1. The van der Waals surface area contributed by atoms with Gasteiger partial charge in [0, 0.05) is 24.3 Å². The molecule has 0 saturated carbocycles. The molecule has 0 aliphatic heterocycles. The van der Waals surface area contributed by atoms with Crippen molar-refractivity contribution in [3.8, 4) is 0 Å². The quantitative estimate of drug-likeness (QED) is 0.211. The third-order valence-corrected chi connectivity index (χ3v) is 7.98. The molecule has 0 amide bonds. The van der Waals surface area contributed by atoms with E-state index in [1.807, 2.05) is 18.4 Å². The number of hydrogen-bond acceptors (Lipinski definition) is 6. The second kappa shape index (κ2) is 11.1. The number of rotatable bonds is 11. The number of aliphatic hydroxyl groups is 1. The lowest BCUT2D eigenvalue weighted by Crippen LogP contribution is -2.42. The van der Waals surface area contributed by atoms with Gasteiger partial charge in [-0.2, -0.15) is 0 Å². The van der Waals surface area contributed by atoms with Crippen LogP contribution in [-0.4, -0.2) is 46.2 Å². The highest BCUT2D eigenvalue weighted by Gasteiger charge is 2.21. The molecule has 0 aliphatic rings. The zero-order chi connectivity index (χ0) is 27.5. The lowest BCUT2D eigenvalue weighted by Gasteiger charge is -2.28. The number of sulfonamides is 1. The van der Waals surface area contributed by atoms with Crippen LogP contribution >= 0.6 is 11.6 Å². The monoisotopic (exact) mass is 556 g/mol. The molecule has 3 aromatic carbocycles. The van der Waals surface area contributed by atoms with Gasteiger partial charge in [-0.05, 0) is 62.2 Å². The van der Waals surface area contributed by atoms with E-state index in [4.69, 9.17) is 11.6 Å². The molecule has 1 aromatic heterocycles. The molecule has 0 radical (unpaired) electrons. The molecule has 9 nitrogen and oxygen atoms in total. The van der Waals surface area contributed by atoms with Crippen LogP contribution < -0.4 is 10.0 Å². The highest BCUT2D eigenvalue weighted by molar-refractivity contribution is 7.92. The van der Waals surface area contributed by atoms with Crippen LogP contribution in [0.5, 0.6) is 0 Å². The minimum atomic E-state index is -3.74. The molecule has 0 aliphatic carbocycles. The number of aryl methyl sites for hydroxylation is 1. The number of β-amino-alcohol motifs (C(OH)–C–C–N with tert-alkyl or cyclic N) is 1. The molecule has 0 unspecified atom stereocenters. The lowest BCUT2D eigenvalue weighted by molar-refractivity contribution is 0.0697. The van der Waals surface area contributed by atoms with Crippen molar-refractivity contribution in [2.45, 2.75) is 43.4 Å². The summed E-state index contributed by atoms with van der Waals surface area (Å²) in [7, 11) is -3.74. The maximum Gasteiger partial charge on any atom is 0.337 e. The maximum atomic E-state index is 12.6. The Morgan fingerprint density at radius 2 is 1.84 bits per heavy atom. The number of nitrogens with zero attached hydrogens (tertiary/aromatic N) is 2. The normalized spacial score (nSPS) is 12.9. The second-order valence-electron chi connectivity index (χ2n) is 9.64. The standard InChI is InChI=1S/C27H29ClN4O5S/c1-27(2,11-12-32-17-29-23-14-21(26(34)35)22(28)15-24(23)32)30-16-25(33)18-7-6-8-19(13-18)31-38(36,37)20-9-4-3-5-10-20/h3-10,13-15,17,25,30-31,33H,11-12,16H2,1-2H3,(H,34,35)/t25-/m0/s1. The van der Waals surface area contributed by atoms with Crippen LogP contribution in [-0.2, 0) is 16.6 Å². The first-order valence-corrected chi connectivity index (χ1v) is 13.8. The van der Waals surface area contributed by atoms with Crippen molar-refractivity contribution < 1.29 is 23.4 Å². The number of carboxylic acid groups (broad SMARTS) is 1. The van der Waals surface area contributed by atoms with Crippen LogP contribution in [0.15, 0.2) is 78.0 Å². The largest absolute Gasteiger partial charge is 0.478 e. The van der Waals surface area contributed by atoms with Gasteiger partial charge in [-0.1, -0.05) is 41.9 Å². The number of halogens is 1. The molecular weight excluding hydrogens is 528 g/mol. The Labute approximate surface area is 226 Å². The van der Waals surface area contributed by atoms with Gasteiger partial charge >= 0.3 is 5.97 Å². The fourth-order valence-corrected chi connectivity index (χ4v) is 5.33. The number of aromatic nitrogens is 2. The van der Waals surface area contributed by atoms with Crippen molar-refractivity contribution in [2.24, 2.45) is 0 Å². The van der Waals surface area contributed by atoms with E-state index in [0.29, 0.717) is 29.7 Å². The van der Waals surface area contributed by atoms with E-state index in [2.05, 4.69) is 15.0 Å². The Bertz CT molecular complexity index is 1550. The summed E-state index contributed by atoms with van der Waals surface area (Å²) >= 11 is 6.14. The van der Waals surface area contributed by atoms with Crippen LogP contribution in [0.3, 0.4) is 0 Å². The lowest BCUT2D eigenvalue weighted by atomic mass is 9.99. The molecule has 4 aromatic rings. The van der Waals surface area contributed by atoms with E-state index in [-0.39, 0.29) is 27.6 Å². The van der Waals surface area contributed by atoms with Gasteiger partial charge < -0.3 is 20.1 Å². The predicted octanol–water partition coefficient (Wildman–Crippen LogP) is 4.68. The van der Waals surface area contributed by atoms with E-state index in [1.54, 1.807) is 54.9 Å². The molecular formula is C27H29ClN4O5S. The number of imidazole rings is 1. The molecule has 11 heteroatoms. The zero-order valence-electron chi connectivity index (χ0n) is 20.9. The van der Waals surface area contributed by atoms with E-state index < -0.39 is 22.1 Å².